The van der Waals surface area contributed by atoms with E-state index in [4.69, 9.17) is 27.9 Å². The Labute approximate surface area is 127 Å². The molecule has 0 radical (unpaired) electrons. The zero-order valence-electron chi connectivity index (χ0n) is 11.2. The summed E-state index contributed by atoms with van der Waals surface area (Å²) in [5.41, 5.74) is 0.558. The lowest BCUT2D eigenvalue weighted by atomic mass is 10.1. The number of morpholine rings is 1. The van der Waals surface area contributed by atoms with Gasteiger partial charge in [0, 0.05) is 13.1 Å². The van der Waals surface area contributed by atoms with Crippen molar-refractivity contribution in [2.45, 2.75) is 32.5 Å². The highest BCUT2D eigenvalue weighted by Crippen LogP contribution is 2.30. The molecule has 1 saturated heterocycles. The molecule has 6 heteroatoms. The van der Waals surface area contributed by atoms with Gasteiger partial charge in [-0.1, -0.05) is 11.6 Å². The Morgan fingerprint density at radius 3 is 2.84 bits per heavy atom. The number of hydrogen-bond acceptors (Lipinski definition) is 3. The van der Waals surface area contributed by atoms with Crippen LogP contribution in [0, 0.1) is 6.92 Å². The van der Waals surface area contributed by atoms with Gasteiger partial charge in [-0.05, 0) is 31.7 Å². The minimum absolute atomic E-state index is 0.0328. The zero-order chi connectivity index (χ0) is 14.2. The lowest BCUT2D eigenvalue weighted by Gasteiger charge is -2.42. The van der Waals surface area contributed by atoms with Crippen LogP contribution in [-0.2, 0) is 4.74 Å². The highest BCUT2D eigenvalue weighted by molar-refractivity contribution is 7.13. The van der Waals surface area contributed by atoms with E-state index in [9.17, 15) is 4.79 Å². The molecule has 1 aliphatic heterocycles. The van der Waals surface area contributed by atoms with E-state index in [1.165, 1.54) is 11.3 Å². The minimum atomic E-state index is -0.383. The van der Waals surface area contributed by atoms with Gasteiger partial charge in [-0.2, -0.15) is 0 Å². The van der Waals surface area contributed by atoms with E-state index in [-0.39, 0.29) is 17.6 Å². The summed E-state index contributed by atoms with van der Waals surface area (Å²) in [5, 5.41) is 2.46. The maximum atomic E-state index is 12.5. The van der Waals surface area contributed by atoms with Gasteiger partial charge in [0.2, 0.25) is 0 Å². The van der Waals surface area contributed by atoms with E-state index < -0.39 is 0 Å². The molecule has 106 valence electrons. The van der Waals surface area contributed by atoms with E-state index in [0.29, 0.717) is 28.9 Å². The summed E-state index contributed by atoms with van der Waals surface area (Å²) in [6.45, 7) is 6.90. The Kier molecular flexibility index (Phi) is 4.45. The van der Waals surface area contributed by atoms with Crippen molar-refractivity contribution in [3.8, 4) is 0 Å². The molecule has 1 aliphatic rings. The van der Waals surface area contributed by atoms with Gasteiger partial charge in [0.1, 0.15) is 4.88 Å². The van der Waals surface area contributed by atoms with Gasteiger partial charge in [0.25, 0.3) is 5.91 Å². The molecular weight excluding hydrogens is 305 g/mol. The summed E-state index contributed by atoms with van der Waals surface area (Å²) in [4.78, 5) is 14.9. The van der Waals surface area contributed by atoms with Crippen molar-refractivity contribution < 1.29 is 9.53 Å². The number of rotatable bonds is 2. The van der Waals surface area contributed by atoms with Crippen LogP contribution in [0.5, 0.6) is 0 Å². The van der Waals surface area contributed by atoms with E-state index in [2.05, 4.69) is 0 Å². The average Bonchev–Trinajstić information content (AvgIpc) is 2.67. The van der Waals surface area contributed by atoms with Crippen molar-refractivity contribution >= 4 is 40.4 Å². The van der Waals surface area contributed by atoms with Crippen LogP contribution in [-0.4, -0.2) is 41.5 Å². The van der Waals surface area contributed by atoms with Crippen LogP contribution in [0.15, 0.2) is 5.38 Å². The summed E-state index contributed by atoms with van der Waals surface area (Å²) < 4.78 is 5.82. The van der Waals surface area contributed by atoms with Crippen molar-refractivity contribution in [1.82, 2.24) is 4.90 Å². The Morgan fingerprint density at radius 2 is 2.32 bits per heavy atom. The van der Waals surface area contributed by atoms with Gasteiger partial charge in [0.15, 0.2) is 0 Å². The van der Waals surface area contributed by atoms with Gasteiger partial charge >= 0.3 is 0 Å². The highest BCUT2D eigenvalue weighted by atomic mass is 35.5. The average molecular weight is 322 g/mol. The normalized spacial score (nSPS) is 22.6. The van der Waals surface area contributed by atoms with Gasteiger partial charge in [0.05, 0.1) is 22.6 Å². The van der Waals surface area contributed by atoms with Crippen molar-refractivity contribution in [3.05, 3.63) is 20.8 Å². The Balaban J connectivity index is 2.21. The molecular formula is C13H17Cl2NO2S. The van der Waals surface area contributed by atoms with Crippen LogP contribution < -0.4 is 0 Å². The molecule has 1 amide bonds. The topological polar surface area (TPSA) is 29.5 Å². The third kappa shape index (κ3) is 3.24. The van der Waals surface area contributed by atoms with Crippen LogP contribution in [0.2, 0.25) is 5.02 Å². The van der Waals surface area contributed by atoms with E-state index in [1.807, 2.05) is 26.2 Å². The molecule has 0 N–H and O–H groups in total. The van der Waals surface area contributed by atoms with Gasteiger partial charge in [-0.15, -0.1) is 22.9 Å². The molecule has 1 atom stereocenters. The van der Waals surface area contributed by atoms with E-state index >= 15 is 0 Å². The number of nitrogens with zero attached hydrogens (tertiary/aromatic N) is 1. The lowest BCUT2D eigenvalue weighted by Crippen LogP contribution is -2.55. The summed E-state index contributed by atoms with van der Waals surface area (Å²) in [6, 6.07) is 0. The molecule has 2 rings (SSSR count). The smallest absolute Gasteiger partial charge is 0.265 e. The monoisotopic (exact) mass is 321 g/mol. The molecule has 0 saturated carbocycles. The molecule has 1 unspecified atom stereocenters. The van der Waals surface area contributed by atoms with E-state index in [1.54, 1.807) is 4.90 Å². The van der Waals surface area contributed by atoms with Crippen LogP contribution in [0.3, 0.4) is 0 Å². The zero-order valence-corrected chi connectivity index (χ0v) is 13.5. The standard InChI is InChI=1S/C13H17Cl2NO2S/c1-8-6-19-11(10(8)15)12(17)16-5-9(4-14)18-13(2,3)7-16/h6,9H,4-5,7H2,1-3H3. The van der Waals surface area contributed by atoms with Gasteiger partial charge in [-0.3, -0.25) is 4.79 Å². The van der Waals surface area contributed by atoms with Crippen molar-refractivity contribution in [1.29, 1.82) is 0 Å². The molecule has 1 aromatic heterocycles. The first-order valence-corrected chi connectivity index (χ1v) is 7.90. The van der Waals surface area contributed by atoms with Crippen LogP contribution in [0.25, 0.3) is 0 Å². The fourth-order valence-corrected chi connectivity index (χ4v) is 3.65. The SMILES string of the molecule is Cc1csc(C(=O)N2CC(CCl)OC(C)(C)C2)c1Cl. The fraction of sp³-hybridized carbons (Fsp3) is 0.615. The first-order valence-electron chi connectivity index (χ1n) is 6.10. The quantitative estimate of drug-likeness (QED) is 0.779. The number of carbonyl (C=O) groups excluding carboxylic acids is 1. The predicted molar refractivity (Wildman–Crippen MR) is 79.6 cm³/mol. The van der Waals surface area contributed by atoms with Crippen LogP contribution in [0.1, 0.15) is 29.1 Å². The predicted octanol–water partition coefficient (Wildman–Crippen LogP) is 3.57. The molecule has 0 aromatic carbocycles. The largest absolute Gasteiger partial charge is 0.367 e. The Hall–Kier alpha value is -0.290. The summed E-state index contributed by atoms with van der Waals surface area (Å²) in [6.07, 6.45) is -0.130. The van der Waals surface area contributed by atoms with Gasteiger partial charge < -0.3 is 9.64 Å². The van der Waals surface area contributed by atoms with Gasteiger partial charge in [-0.25, -0.2) is 0 Å². The third-order valence-electron chi connectivity index (χ3n) is 3.03. The first kappa shape index (κ1) is 15.1. The molecule has 2 heterocycles. The van der Waals surface area contributed by atoms with E-state index in [0.717, 1.165) is 5.56 Å². The van der Waals surface area contributed by atoms with Crippen LogP contribution >= 0.6 is 34.5 Å². The maximum absolute atomic E-state index is 12.5. The molecule has 3 nitrogen and oxygen atoms in total. The molecule has 1 fully saturated rings. The maximum Gasteiger partial charge on any atom is 0.265 e. The summed E-state index contributed by atoms with van der Waals surface area (Å²) >= 11 is 13.4. The number of carbonyl (C=O) groups is 1. The third-order valence-corrected chi connectivity index (χ3v) is 5.06. The second-order valence-electron chi connectivity index (χ2n) is 5.40. The fourth-order valence-electron chi connectivity index (χ4n) is 2.25. The summed E-state index contributed by atoms with van der Waals surface area (Å²) in [7, 11) is 0. The highest BCUT2D eigenvalue weighted by Gasteiger charge is 2.36. The number of thiophene rings is 1. The number of halogens is 2. The van der Waals surface area contributed by atoms with Crippen molar-refractivity contribution in [3.63, 3.8) is 0 Å². The van der Waals surface area contributed by atoms with Crippen molar-refractivity contribution in [2.24, 2.45) is 0 Å². The molecule has 1 aromatic rings. The van der Waals surface area contributed by atoms with Crippen LogP contribution in [0.4, 0.5) is 0 Å². The second-order valence-corrected chi connectivity index (χ2v) is 6.97. The molecule has 0 aliphatic carbocycles. The number of hydrogen-bond donors (Lipinski definition) is 0. The number of ether oxygens (including phenoxy) is 1. The molecule has 0 spiro atoms. The number of alkyl halides is 1. The minimum Gasteiger partial charge on any atom is -0.367 e. The Bertz CT molecular complexity index is 487. The molecule has 0 bridgehead atoms. The number of amides is 1. The van der Waals surface area contributed by atoms with Crippen molar-refractivity contribution in [2.75, 3.05) is 19.0 Å². The molecule has 19 heavy (non-hydrogen) atoms. The number of aryl methyl sites for hydroxylation is 1. The summed E-state index contributed by atoms with van der Waals surface area (Å²) in [5.74, 6) is 0.347. The second kappa shape index (κ2) is 5.60. The first-order chi connectivity index (χ1) is 8.84. The lowest BCUT2D eigenvalue weighted by molar-refractivity contribution is -0.117. The Morgan fingerprint density at radius 1 is 1.63 bits per heavy atom.